The van der Waals surface area contributed by atoms with Crippen LogP contribution in [0.25, 0.3) is 0 Å². The second-order valence-electron chi connectivity index (χ2n) is 3.89. The average Bonchev–Trinajstić information content (AvgIpc) is 2.37. The zero-order valence-corrected chi connectivity index (χ0v) is 12.7. The van der Waals surface area contributed by atoms with Crippen LogP contribution in [-0.2, 0) is 10.0 Å². The summed E-state index contributed by atoms with van der Waals surface area (Å²) < 4.78 is 26.9. The Morgan fingerprint density at radius 2 is 1.75 bits per heavy atom. The van der Waals surface area contributed by atoms with Crippen LogP contribution < -0.4 is 10.0 Å². The maximum atomic E-state index is 12.2. The molecule has 0 spiro atoms. The highest BCUT2D eigenvalue weighted by Gasteiger charge is 2.15. The van der Waals surface area contributed by atoms with E-state index < -0.39 is 10.0 Å². The number of halogens is 2. The molecule has 2 aromatic rings. The molecule has 0 saturated carbocycles. The Morgan fingerprint density at radius 3 is 2.35 bits per heavy atom. The number of hydrogen-bond donors (Lipinski definition) is 2. The third-order valence-electron chi connectivity index (χ3n) is 2.41. The van der Waals surface area contributed by atoms with Gasteiger partial charge in [0, 0.05) is 29.4 Å². The third-order valence-corrected chi connectivity index (χ3v) is 4.23. The second kappa shape index (κ2) is 5.87. The summed E-state index contributed by atoms with van der Waals surface area (Å²) in [4.78, 5) is 4.05. The topological polar surface area (TPSA) is 71.1 Å². The van der Waals surface area contributed by atoms with Crippen molar-refractivity contribution >= 4 is 44.7 Å². The Balaban J connectivity index is 2.35. The fourth-order valence-corrected chi connectivity index (χ4v) is 3.12. The van der Waals surface area contributed by atoms with Gasteiger partial charge in [0.15, 0.2) is 0 Å². The van der Waals surface area contributed by atoms with Crippen LogP contribution in [0.2, 0.25) is 10.0 Å². The molecule has 8 heteroatoms. The molecule has 0 aliphatic heterocycles. The minimum absolute atomic E-state index is 0.0907. The molecule has 0 saturated heterocycles. The van der Waals surface area contributed by atoms with Gasteiger partial charge in [0.2, 0.25) is 0 Å². The van der Waals surface area contributed by atoms with E-state index in [1.807, 2.05) is 0 Å². The van der Waals surface area contributed by atoms with Crippen LogP contribution in [-0.4, -0.2) is 20.4 Å². The Bertz CT molecular complexity index is 715. The average molecular weight is 332 g/mol. The first kappa shape index (κ1) is 14.9. The SMILES string of the molecule is CNc1cc(S(=O)(=O)Nc2cc(Cl)cc(Cl)c2)ccn1. The molecule has 0 aliphatic carbocycles. The maximum absolute atomic E-state index is 12.2. The predicted molar refractivity (Wildman–Crippen MR) is 81.1 cm³/mol. The predicted octanol–water partition coefficient (Wildman–Crippen LogP) is 3.23. The molecule has 0 atom stereocenters. The number of nitrogens with one attached hydrogen (secondary N) is 2. The number of benzene rings is 1. The van der Waals surface area contributed by atoms with Crippen LogP contribution in [0.15, 0.2) is 41.4 Å². The lowest BCUT2D eigenvalue weighted by atomic mass is 10.3. The first-order valence-corrected chi connectivity index (χ1v) is 7.77. The zero-order valence-electron chi connectivity index (χ0n) is 10.4. The van der Waals surface area contributed by atoms with Crippen molar-refractivity contribution in [3.63, 3.8) is 0 Å². The molecule has 0 bridgehead atoms. The van der Waals surface area contributed by atoms with E-state index in [0.717, 1.165) is 0 Å². The smallest absolute Gasteiger partial charge is 0.262 e. The lowest BCUT2D eigenvalue weighted by Crippen LogP contribution is -2.13. The van der Waals surface area contributed by atoms with Crippen molar-refractivity contribution < 1.29 is 8.42 Å². The Morgan fingerprint density at radius 1 is 1.10 bits per heavy atom. The summed E-state index contributed by atoms with van der Waals surface area (Å²) in [7, 11) is -2.07. The monoisotopic (exact) mass is 331 g/mol. The van der Waals surface area contributed by atoms with Gasteiger partial charge in [-0.25, -0.2) is 13.4 Å². The van der Waals surface area contributed by atoms with Gasteiger partial charge in [-0.1, -0.05) is 23.2 Å². The van der Waals surface area contributed by atoms with E-state index in [2.05, 4.69) is 15.0 Å². The maximum Gasteiger partial charge on any atom is 0.262 e. The van der Waals surface area contributed by atoms with Crippen LogP contribution in [0, 0.1) is 0 Å². The number of hydrogen-bond acceptors (Lipinski definition) is 4. The van der Waals surface area contributed by atoms with E-state index >= 15 is 0 Å². The molecule has 0 amide bonds. The molecule has 0 unspecified atom stereocenters. The number of anilines is 2. The van der Waals surface area contributed by atoms with E-state index in [9.17, 15) is 8.42 Å². The van der Waals surface area contributed by atoms with Crippen LogP contribution in [0.3, 0.4) is 0 Å². The molecule has 106 valence electrons. The quantitative estimate of drug-likeness (QED) is 0.902. The minimum Gasteiger partial charge on any atom is -0.373 e. The first-order valence-electron chi connectivity index (χ1n) is 5.53. The molecular weight excluding hydrogens is 321 g/mol. The van der Waals surface area contributed by atoms with E-state index in [1.54, 1.807) is 7.05 Å². The van der Waals surface area contributed by atoms with Crippen molar-refractivity contribution in [2.75, 3.05) is 17.1 Å². The van der Waals surface area contributed by atoms with Gasteiger partial charge in [-0.3, -0.25) is 4.72 Å². The normalized spacial score (nSPS) is 11.2. The fourth-order valence-electron chi connectivity index (χ4n) is 1.54. The minimum atomic E-state index is -3.73. The summed E-state index contributed by atoms with van der Waals surface area (Å²) in [5, 5.41) is 3.47. The molecule has 0 fully saturated rings. The molecule has 2 rings (SSSR count). The number of rotatable bonds is 4. The molecule has 0 radical (unpaired) electrons. The van der Waals surface area contributed by atoms with Gasteiger partial charge in [-0.2, -0.15) is 0 Å². The van der Waals surface area contributed by atoms with Gasteiger partial charge in [-0.05, 0) is 24.3 Å². The molecule has 1 heterocycles. The second-order valence-corrected chi connectivity index (χ2v) is 6.45. The highest BCUT2D eigenvalue weighted by Crippen LogP contribution is 2.25. The molecule has 1 aromatic carbocycles. The molecule has 0 aliphatic rings. The van der Waals surface area contributed by atoms with Gasteiger partial charge >= 0.3 is 0 Å². The van der Waals surface area contributed by atoms with Gasteiger partial charge in [-0.15, -0.1) is 0 Å². The summed E-state index contributed by atoms with van der Waals surface area (Å²) in [5.74, 6) is 0.456. The number of nitrogens with zero attached hydrogens (tertiary/aromatic N) is 1. The Hall–Kier alpha value is -1.50. The summed E-state index contributed by atoms with van der Waals surface area (Å²) in [5.41, 5.74) is 0.297. The highest BCUT2D eigenvalue weighted by atomic mass is 35.5. The summed E-state index contributed by atoms with van der Waals surface area (Å²) >= 11 is 11.7. The van der Waals surface area contributed by atoms with Gasteiger partial charge < -0.3 is 5.32 Å². The molecule has 5 nitrogen and oxygen atoms in total. The standard InChI is InChI=1S/C12H11Cl2N3O2S/c1-15-12-7-11(2-3-16-12)20(18,19)17-10-5-8(13)4-9(14)6-10/h2-7,17H,1H3,(H,15,16). The van der Waals surface area contributed by atoms with Crippen molar-refractivity contribution in [2.24, 2.45) is 0 Å². The van der Waals surface area contributed by atoms with Crippen LogP contribution in [0.4, 0.5) is 11.5 Å². The Kier molecular flexibility index (Phi) is 4.37. The van der Waals surface area contributed by atoms with Crippen molar-refractivity contribution in [3.8, 4) is 0 Å². The number of sulfonamides is 1. The highest BCUT2D eigenvalue weighted by molar-refractivity contribution is 7.92. The van der Waals surface area contributed by atoms with Gasteiger partial charge in [0.05, 0.1) is 10.6 Å². The largest absolute Gasteiger partial charge is 0.373 e. The van der Waals surface area contributed by atoms with Crippen molar-refractivity contribution in [1.82, 2.24) is 4.98 Å². The summed E-state index contributed by atoms with van der Waals surface area (Å²) in [6, 6.07) is 7.30. The van der Waals surface area contributed by atoms with E-state index in [-0.39, 0.29) is 4.90 Å². The van der Waals surface area contributed by atoms with E-state index in [0.29, 0.717) is 21.6 Å². The molecule has 1 aromatic heterocycles. The number of pyridine rings is 1. The van der Waals surface area contributed by atoms with Crippen LogP contribution >= 0.6 is 23.2 Å². The van der Waals surface area contributed by atoms with Crippen molar-refractivity contribution in [2.45, 2.75) is 4.90 Å². The van der Waals surface area contributed by atoms with E-state index in [4.69, 9.17) is 23.2 Å². The lowest BCUT2D eigenvalue weighted by Gasteiger charge is -2.09. The molecular formula is C12H11Cl2N3O2S. The van der Waals surface area contributed by atoms with Crippen LogP contribution in [0.5, 0.6) is 0 Å². The Labute approximate surface area is 127 Å². The zero-order chi connectivity index (χ0) is 14.8. The summed E-state index contributed by atoms with van der Waals surface area (Å²) in [6.07, 6.45) is 1.41. The fraction of sp³-hybridized carbons (Fsp3) is 0.0833. The van der Waals surface area contributed by atoms with Crippen molar-refractivity contribution in [3.05, 3.63) is 46.6 Å². The molecule has 2 N–H and O–H groups in total. The molecule has 20 heavy (non-hydrogen) atoms. The van der Waals surface area contributed by atoms with Crippen molar-refractivity contribution in [1.29, 1.82) is 0 Å². The van der Waals surface area contributed by atoms with E-state index in [1.165, 1.54) is 36.5 Å². The van der Waals surface area contributed by atoms with Gasteiger partial charge in [0.1, 0.15) is 5.82 Å². The lowest BCUT2D eigenvalue weighted by molar-refractivity contribution is 0.601. The van der Waals surface area contributed by atoms with Crippen LogP contribution in [0.1, 0.15) is 0 Å². The summed E-state index contributed by atoms with van der Waals surface area (Å²) in [6.45, 7) is 0. The third kappa shape index (κ3) is 3.53. The van der Waals surface area contributed by atoms with Gasteiger partial charge in [0.25, 0.3) is 10.0 Å². The first-order chi connectivity index (χ1) is 9.40. The number of aromatic nitrogens is 1.